The number of thiol groups is 1. The number of nitro benzene ring substituents is 1. The van der Waals surface area contributed by atoms with Crippen LogP contribution in [0.3, 0.4) is 0 Å². The Morgan fingerprint density at radius 2 is 1.95 bits per heavy atom. The minimum Gasteiger partial charge on any atom is -0.387 e. The second-order valence-corrected chi connectivity index (χ2v) is 4.86. The van der Waals surface area contributed by atoms with E-state index in [0.29, 0.717) is 5.56 Å². The molecule has 8 nitrogen and oxygen atoms in total. The molecule has 0 aliphatic heterocycles. The summed E-state index contributed by atoms with van der Waals surface area (Å²) in [5.41, 5.74) is 11.6. The molecule has 0 aromatic heterocycles. The molecule has 6 N–H and O–H groups in total. The number of amides is 1. The minimum absolute atomic E-state index is 0.0263. The Bertz CT molecular complexity index is 497. The van der Waals surface area contributed by atoms with Crippen molar-refractivity contribution in [2.45, 2.75) is 18.2 Å². The topological polar surface area (TPSA) is 145 Å². The molecule has 0 bridgehead atoms. The lowest BCUT2D eigenvalue weighted by atomic mass is 10.0. The molecule has 1 aromatic rings. The molecule has 0 spiro atoms. The fraction of sp³-hybridized carbons (Fsp3) is 0.417. The van der Waals surface area contributed by atoms with Crippen LogP contribution >= 0.6 is 12.6 Å². The summed E-state index contributed by atoms with van der Waals surface area (Å²) in [6, 6.07) is 3.90. The maximum Gasteiger partial charge on any atom is 0.269 e. The number of benzene rings is 1. The predicted molar refractivity (Wildman–Crippen MR) is 80.9 cm³/mol. The van der Waals surface area contributed by atoms with E-state index in [1.54, 1.807) is 0 Å². The summed E-state index contributed by atoms with van der Waals surface area (Å²) in [4.78, 5) is 21.5. The maximum atomic E-state index is 11.5. The number of nitrogens with one attached hydrogen (secondary N) is 1. The zero-order valence-electron chi connectivity index (χ0n) is 11.2. The number of nitrogens with zero attached hydrogens (tertiary/aromatic N) is 1. The lowest BCUT2D eigenvalue weighted by molar-refractivity contribution is -0.384. The number of carbonyl (C=O) groups excluding carboxylic acids is 1. The Balaban J connectivity index is 2.59. The molecular formula is C12H18N4O4S. The monoisotopic (exact) mass is 314 g/mol. The van der Waals surface area contributed by atoms with Gasteiger partial charge in [-0.2, -0.15) is 12.6 Å². The second-order valence-electron chi connectivity index (χ2n) is 4.49. The molecule has 0 unspecified atom stereocenters. The minimum atomic E-state index is -1.06. The SMILES string of the molecule is N[C@H](CS)C(=O)NC[C@H](N)[C@@H](O)c1ccc([N+](=O)[O-])cc1. The third kappa shape index (κ3) is 4.97. The van der Waals surface area contributed by atoms with Gasteiger partial charge in [0.15, 0.2) is 0 Å². The third-order valence-electron chi connectivity index (χ3n) is 2.90. The zero-order valence-corrected chi connectivity index (χ0v) is 12.1. The van der Waals surface area contributed by atoms with Gasteiger partial charge in [0.25, 0.3) is 5.69 Å². The molecule has 1 aromatic carbocycles. The molecule has 0 aliphatic rings. The Labute approximate surface area is 127 Å². The molecule has 0 radical (unpaired) electrons. The van der Waals surface area contributed by atoms with Crippen LogP contribution in [0.4, 0.5) is 5.69 Å². The molecule has 1 rings (SSSR count). The number of nitrogens with two attached hydrogens (primary N) is 2. The van der Waals surface area contributed by atoms with E-state index >= 15 is 0 Å². The molecule has 0 fully saturated rings. The van der Waals surface area contributed by atoms with Gasteiger partial charge in [-0.05, 0) is 17.7 Å². The van der Waals surface area contributed by atoms with Gasteiger partial charge in [-0.15, -0.1) is 0 Å². The second kappa shape index (κ2) is 7.93. The quantitative estimate of drug-likeness (QED) is 0.256. The van der Waals surface area contributed by atoms with Crippen LogP contribution in [0.15, 0.2) is 24.3 Å². The van der Waals surface area contributed by atoms with Crippen LogP contribution in [-0.2, 0) is 4.79 Å². The van der Waals surface area contributed by atoms with Gasteiger partial charge in [-0.25, -0.2) is 0 Å². The average molecular weight is 314 g/mol. The molecule has 0 saturated carbocycles. The van der Waals surface area contributed by atoms with Crippen LogP contribution in [0.1, 0.15) is 11.7 Å². The molecule has 3 atom stereocenters. The zero-order chi connectivity index (χ0) is 16.0. The molecular weight excluding hydrogens is 296 g/mol. The summed E-state index contributed by atoms with van der Waals surface area (Å²) >= 11 is 3.90. The van der Waals surface area contributed by atoms with Crippen molar-refractivity contribution < 1.29 is 14.8 Å². The smallest absolute Gasteiger partial charge is 0.269 e. The molecule has 21 heavy (non-hydrogen) atoms. The molecule has 0 heterocycles. The largest absolute Gasteiger partial charge is 0.387 e. The van der Waals surface area contributed by atoms with Crippen molar-refractivity contribution in [2.24, 2.45) is 11.5 Å². The van der Waals surface area contributed by atoms with Gasteiger partial charge in [0.2, 0.25) is 5.91 Å². The van der Waals surface area contributed by atoms with Crippen LogP contribution in [0.25, 0.3) is 0 Å². The first-order chi connectivity index (χ1) is 9.86. The van der Waals surface area contributed by atoms with Gasteiger partial charge in [-0.1, -0.05) is 0 Å². The Morgan fingerprint density at radius 3 is 2.43 bits per heavy atom. The Kier molecular flexibility index (Phi) is 6.56. The standard InChI is InChI=1S/C12H18N4O4S/c13-9(5-15-12(18)10(14)6-21)11(17)7-1-3-8(4-2-7)16(19)20/h1-4,9-11,17,21H,5-6,13-14H2,(H,15,18)/t9-,10+,11-/m0/s1. The number of aliphatic hydroxyl groups is 1. The normalized spacial score (nSPS) is 15.0. The fourth-order valence-corrected chi connectivity index (χ4v) is 1.75. The number of hydrogen-bond donors (Lipinski definition) is 5. The molecule has 1 amide bonds. The van der Waals surface area contributed by atoms with Gasteiger partial charge < -0.3 is 21.9 Å². The van der Waals surface area contributed by atoms with Gasteiger partial charge in [0, 0.05) is 24.4 Å². The highest BCUT2D eigenvalue weighted by atomic mass is 32.1. The highest BCUT2D eigenvalue weighted by Crippen LogP contribution is 2.19. The van der Waals surface area contributed by atoms with Crippen molar-refractivity contribution in [1.29, 1.82) is 0 Å². The average Bonchev–Trinajstić information content (AvgIpc) is 2.50. The van der Waals surface area contributed by atoms with E-state index in [1.165, 1.54) is 24.3 Å². The number of carbonyl (C=O) groups is 1. The first-order valence-corrected chi connectivity index (χ1v) is 6.82. The van der Waals surface area contributed by atoms with E-state index in [2.05, 4.69) is 17.9 Å². The van der Waals surface area contributed by atoms with E-state index < -0.39 is 29.0 Å². The van der Waals surface area contributed by atoms with Gasteiger partial charge in [0.05, 0.1) is 23.1 Å². The number of rotatable bonds is 7. The lowest BCUT2D eigenvalue weighted by Gasteiger charge is -2.20. The number of nitro groups is 1. The van der Waals surface area contributed by atoms with Crippen molar-refractivity contribution in [3.05, 3.63) is 39.9 Å². The maximum absolute atomic E-state index is 11.5. The van der Waals surface area contributed by atoms with E-state index in [4.69, 9.17) is 11.5 Å². The molecule has 9 heteroatoms. The van der Waals surface area contributed by atoms with Crippen molar-refractivity contribution >= 4 is 24.2 Å². The fourth-order valence-electron chi connectivity index (χ4n) is 1.58. The highest BCUT2D eigenvalue weighted by Gasteiger charge is 2.20. The number of hydrogen-bond acceptors (Lipinski definition) is 7. The summed E-state index contributed by atoms with van der Waals surface area (Å²) in [5.74, 6) is -0.206. The van der Waals surface area contributed by atoms with Gasteiger partial charge >= 0.3 is 0 Å². The van der Waals surface area contributed by atoms with Crippen LogP contribution < -0.4 is 16.8 Å². The summed E-state index contributed by atoms with van der Waals surface area (Å²) in [5, 5.41) is 23.1. The van der Waals surface area contributed by atoms with Gasteiger partial charge in [-0.3, -0.25) is 14.9 Å². The third-order valence-corrected chi connectivity index (χ3v) is 3.29. The van der Waals surface area contributed by atoms with Gasteiger partial charge in [0.1, 0.15) is 0 Å². The van der Waals surface area contributed by atoms with Crippen LogP contribution in [-0.4, -0.2) is 40.3 Å². The van der Waals surface area contributed by atoms with Crippen LogP contribution in [0.5, 0.6) is 0 Å². The van der Waals surface area contributed by atoms with Crippen molar-refractivity contribution in [3.63, 3.8) is 0 Å². The highest BCUT2D eigenvalue weighted by molar-refractivity contribution is 7.80. The number of aliphatic hydroxyl groups excluding tert-OH is 1. The Hall–Kier alpha value is -1.68. The first kappa shape index (κ1) is 17.4. The molecule has 116 valence electrons. The Morgan fingerprint density at radius 1 is 1.38 bits per heavy atom. The lowest BCUT2D eigenvalue weighted by Crippen LogP contribution is -2.47. The summed E-state index contributed by atoms with van der Waals surface area (Å²) in [6.45, 7) is 0.0263. The van der Waals surface area contributed by atoms with Crippen molar-refractivity contribution in [2.75, 3.05) is 12.3 Å². The predicted octanol–water partition coefficient (Wildman–Crippen LogP) is -0.671. The molecule has 0 saturated heterocycles. The van der Waals surface area contributed by atoms with E-state index in [1.807, 2.05) is 0 Å². The summed E-state index contributed by atoms with van der Waals surface area (Å²) in [6.07, 6.45) is -1.06. The van der Waals surface area contributed by atoms with E-state index in [-0.39, 0.29) is 18.0 Å². The van der Waals surface area contributed by atoms with E-state index in [0.717, 1.165) is 0 Å². The first-order valence-electron chi connectivity index (χ1n) is 6.19. The van der Waals surface area contributed by atoms with Crippen molar-refractivity contribution in [3.8, 4) is 0 Å². The summed E-state index contributed by atoms with van der Waals surface area (Å²) in [7, 11) is 0. The van der Waals surface area contributed by atoms with Crippen molar-refractivity contribution in [1.82, 2.24) is 5.32 Å². The number of non-ortho nitro benzene ring substituents is 1. The van der Waals surface area contributed by atoms with E-state index in [9.17, 15) is 20.0 Å². The molecule has 0 aliphatic carbocycles. The van der Waals surface area contributed by atoms with Crippen LogP contribution in [0, 0.1) is 10.1 Å². The summed E-state index contributed by atoms with van der Waals surface area (Å²) < 4.78 is 0. The van der Waals surface area contributed by atoms with Crippen LogP contribution in [0.2, 0.25) is 0 Å².